The van der Waals surface area contributed by atoms with Crippen molar-refractivity contribution in [2.75, 3.05) is 17.2 Å². The third kappa shape index (κ3) is 2.65. The van der Waals surface area contributed by atoms with Crippen molar-refractivity contribution in [1.29, 1.82) is 0 Å². The van der Waals surface area contributed by atoms with E-state index in [9.17, 15) is 0 Å². The normalized spacial score (nSPS) is 26.0. The lowest BCUT2D eigenvalue weighted by Gasteiger charge is -2.41. The first-order valence-corrected chi connectivity index (χ1v) is 7.17. The second kappa shape index (κ2) is 5.27. The molecule has 0 radical (unpaired) electrons. The third-order valence-corrected chi connectivity index (χ3v) is 4.11. The molecule has 3 atom stereocenters. The number of piperidine rings is 1. The largest absolute Gasteiger partial charge is 0.368 e. The average Bonchev–Trinajstić information content (AvgIpc) is 2.96. The Morgan fingerprint density at radius 3 is 2.62 bits per heavy atom. The summed E-state index contributed by atoms with van der Waals surface area (Å²) in [7, 11) is 0. The van der Waals surface area contributed by atoms with Crippen molar-refractivity contribution in [2.24, 2.45) is 11.8 Å². The molecule has 8 nitrogen and oxygen atoms in total. The Morgan fingerprint density at radius 2 is 1.90 bits per heavy atom. The molecule has 0 spiro atoms. The van der Waals surface area contributed by atoms with E-state index in [1.807, 2.05) is 0 Å². The van der Waals surface area contributed by atoms with Crippen molar-refractivity contribution in [2.45, 2.75) is 33.2 Å². The average molecular weight is 288 g/mol. The zero-order valence-electron chi connectivity index (χ0n) is 12.5. The first kappa shape index (κ1) is 13.7. The van der Waals surface area contributed by atoms with Crippen molar-refractivity contribution in [3.63, 3.8) is 0 Å². The van der Waals surface area contributed by atoms with Crippen molar-refractivity contribution >= 4 is 11.9 Å². The van der Waals surface area contributed by atoms with Gasteiger partial charge in [-0.1, -0.05) is 13.8 Å². The molecule has 2 aromatic heterocycles. The predicted octanol–water partition coefficient (Wildman–Crippen LogP) is 0.905. The van der Waals surface area contributed by atoms with Crippen molar-refractivity contribution < 1.29 is 0 Å². The van der Waals surface area contributed by atoms with Crippen LogP contribution in [-0.2, 0) is 0 Å². The van der Waals surface area contributed by atoms with Gasteiger partial charge in [0, 0.05) is 12.6 Å². The van der Waals surface area contributed by atoms with Gasteiger partial charge in [-0.2, -0.15) is 24.7 Å². The number of nitrogen functional groups attached to an aromatic ring is 1. The third-order valence-electron chi connectivity index (χ3n) is 4.11. The molecule has 3 unspecified atom stereocenters. The molecule has 21 heavy (non-hydrogen) atoms. The fraction of sp³-hybridized carbons (Fsp3) is 0.615. The second-order valence-corrected chi connectivity index (χ2v) is 5.84. The number of hydrogen-bond acceptors (Lipinski definition) is 7. The van der Waals surface area contributed by atoms with Crippen molar-refractivity contribution in [3.8, 4) is 5.95 Å². The lowest BCUT2D eigenvalue weighted by atomic mass is 9.86. The molecule has 3 heterocycles. The summed E-state index contributed by atoms with van der Waals surface area (Å²) in [6.45, 7) is 7.63. The monoisotopic (exact) mass is 288 g/mol. The van der Waals surface area contributed by atoms with Gasteiger partial charge in [-0.25, -0.2) is 4.98 Å². The van der Waals surface area contributed by atoms with E-state index in [1.54, 1.807) is 6.33 Å². The molecule has 0 bridgehead atoms. The molecule has 1 aliphatic rings. The van der Waals surface area contributed by atoms with Gasteiger partial charge in [0.25, 0.3) is 5.95 Å². The summed E-state index contributed by atoms with van der Waals surface area (Å²) in [6.07, 6.45) is 4.20. The molecule has 2 aromatic rings. The maximum absolute atomic E-state index is 5.84. The minimum atomic E-state index is 0.198. The Morgan fingerprint density at radius 1 is 1.14 bits per heavy atom. The first-order chi connectivity index (χ1) is 10.0. The fourth-order valence-electron chi connectivity index (χ4n) is 2.89. The summed E-state index contributed by atoms with van der Waals surface area (Å²) in [5.41, 5.74) is 5.84. The Labute approximate surface area is 123 Å². The zero-order chi connectivity index (χ0) is 15.0. The SMILES string of the molecule is CC1CC(C)C(C)N(c2nc(N)nc(-n3cncn3)n2)C1. The number of hydrogen-bond donors (Lipinski definition) is 1. The smallest absolute Gasteiger partial charge is 0.258 e. The molecule has 1 fully saturated rings. The maximum atomic E-state index is 5.84. The van der Waals surface area contributed by atoms with E-state index in [-0.39, 0.29) is 5.95 Å². The van der Waals surface area contributed by atoms with Gasteiger partial charge in [0.1, 0.15) is 12.7 Å². The van der Waals surface area contributed by atoms with E-state index in [4.69, 9.17) is 5.73 Å². The van der Waals surface area contributed by atoms with Gasteiger partial charge < -0.3 is 10.6 Å². The molecule has 8 heteroatoms. The first-order valence-electron chi connectivity index (χ1n) is 7.17. The molecule has 0 saturated carbocycles. The Hall–Kier alpha value is -2.25. The molecule has 112 valence electrons. The van der Waals surface area contributed by atoms with Crippen LogP contribution in [0.4, 0.5) is 11.9 Å². The second-order valence-electron chi connectivity index (χ2n) is 5.84. The van der Waals surface area contributed by atoms with Crippen LogP contribution >= 0.6 is 0 Å². The van der Waals surface area contributed by atoms with Gasteiger partial charge in [-0.05, 0) is 25.2 Å². The van der Waals surface area contributed by atoms with Gasteiger partial charge in [0.15, 0.2) is 0 Å². The van der Waals surface area contributed by atoms with Gasteiger partial charge in [-0.15, -0.1) is 0 Å². The number of nitrogens with zero attached hydrogens (tertiary/aromatic N) is 7. The minimum Gasteiger partial charge on any atom is -0.368 e. The minimum absolute atomic E-state index is 0.198. The number of aromatic nitrogens is 6. The topological polar surface area (TPSA) is 98.6 Å². The van der Waals surface area contributed by atoms with E-state index in [0.717, 1.165) is 6.54 Å². The van der Waals surface area contributed by atoms with Crippen LogP contribution in [0, 0.1) is 11.8 Å². The number of rotatable bonds is 2. The highest BCUT2D eigenvalue weighted by Gasteiger charge is 2.31. The molecule has 2 N–H and O–H groups in total. The highest BCUT2D eigenvalue weighted by Crippen LogP contribution is 2.29. The fourth-order valence-corrected chi connectivity index (χ4v) is 2.89. The van der Waals surface area contributed by atoms with Crippen LogP contribution in [0.2, 0.25) is 0 Å². The van der Waals surface area contributed by atoms with Crippen LogP contribution in [0.3, 0.4) is 0 Å². The molecule has 0 amide bonds. The summed E-state index contributed by atoms with van der Waals surface area (Å²) < 4.78 is 1.49. The van der Waals surface area contributed by atoms with E-state index >= 15 is 0 Å². The highest BCUT2D eigenvalue weighted by molar-refractivity contribution is 5.39. The standard InChI is InChI=1S/C13H20N8/c1-8-4-9(2)10(3)20(5-8)12-17-11(14)18-13(19-12)21-7-15-6-16-21/h6-10H,4-5H2,1-3H3,(H2,14,17,18,19). The van der Waals surface area contributed by atoms with Crippen LogP contribution < -0.4 is 10.6 Å². The van der Waals surface area contributed by atoms with Gasteiger partial charge in [0.2, 0.25) is 11.9 Å². The van der Waals surface area contributed by atoms with Crippen LogP contribution in [0.1, 0.15) is 27.2 Å². The molecular formula is C13H20N8. The summed E-state index contributed by atoms with van der Waals surface area (Å²) in [6, 6.07) is 0.367. The lowest BCUT2D eigenvalue weighted by molar-refractivity contribution is 0.293. The van der Waals surface area contributed by atoms with Gasteiger partial charge in [-0.3, -0.25) is 0 Å². The number of nitrogens with two attached hydrogens (primary N) is 1. The van der Waals surface area contributed by atoms with Crippen LogP contribution in [0.15, 0.2) is 12.7 Å². The Balaban J connectivity index is 1.98. The van der Waals surface area contributed by atoms with Crippen molar-refractivity contribution in [1.82, 2.24) is 29.7 Å². The molecule has 0 aromatic carbocycles. The van der Waals surface area contributed by atoms with Crippen LogP contribution in [-0.4, -0.2) is 42.3 Å². The van der Waals surface area contributed by atoms with Gasteiger partial charge >= 0.3 is 0 Å². The van der Waals surface area contributed by atoms with Crippen LogP contribution in [0.5, 0.6) is 0 Å². The molecule has 0 aliphatic carbocycles. The summed E-state index contributed by atoms with van der Waals surface area (Å²) in [5.74, 6) is 2.39. The lowest BCUT2D eigenvalue weighted by Crippen LogP contribution is -2.46. The maximum Gasteiger partial charge on any atom is 0.258 e. The molecule has 3 rings (SSSR count). The molecular weight excluding hydrogens is 268 g/mol. The Kier molecular flexibility index (Phi) is 3.44. The molecule has 1 aliphatic heterocycles. The van der Waals surface area contributed by atoms with Crippen LogP contribution in [0.25, 0.3) is 5.95 Å². The zero-order valence-corrected chi connectivity index (χ0v) is 12.5. The van der Waals surface area contributed by atoms with E-state index in [2.05, 4.69) is 50.7 Å². The summed E-state index contributed by atoms with van der Waals surface area (Å²) in [5, 5.41) is 4.04. The van der Waals surface area contributed by atoms with E-state index < -0.39 is 0 Å². The van der Waals surface area contributed by atoms with Gasteiger partial charge in [0.05, 0.1) is 0 Å². The Bertz CT molecular complexity index is 611. The quantitative estimate of drug-likeness (QED) is 0.876. The number of anilines is 2. The summed E-state index contributed by atoms with van der Waals surface area (Å²) >= 11 is 0. The van der Waals surface area contributed by atoms with Crippen molar-refractivity contribution in [3.05, 3.63) is 12.7 Å². The summed E-state index contributed by atoms with van der Waals surface area (Å²) in [4.78, 5) is 19.0. The van der Waals surface area contributed by atoms with E-state index in [1.165, 1.54) is 17.4 Å². The molecule has 1 saturated heterocycles. The van der Waals surface area contributed by atoms with E-state index in [0.29, 0.717) is 29.8 Å². The predicted molar refractivity (Wildman–Crippen MR) is 78.9 cm³/mol. The highest BCUT2D eigenvalue weighted by atomic mass is 15.4.